The molecule has 24 heavy (non-hydrogen) atoms. The second-order valence-corrected chi connectivity index (χ2v) is 6.69. The van der Waals surface area contributed by atoms with E-state index in [1.54, 1.807) is 0 Å². The highest BCUT2D eigenvalue weighted by Crippen LogP contribution is 2.25. The van der Waals surface area contributed by atoms with Crippen LogP contribution in [0.3, 0.4) is 0 Å². The minimum absolute atomic E-state index is 0.301. The third-order valence-electron chi connectivity index (χ3n) is 4.51. The lowest BCUT2D eigenvalue weighted by molar-refractivity contribution is 0.728. The zero-order valence-corrected chi connectivity index (χ0v) is 14.2. The van der Waals surface area contributed by atoms with E-state index in [9.17, 15) is 0 Å². The van der Waals surface area contributed by atoms with Gasteiger partial charge in [-0.15, -0.1) is 0 Å². The molecule has 0 amide bonds. The third kappa shape index (κ3) is 2.46. The summed E-state index contributed by atoms with van der Waals surface area (Å²) in [4.78, 5) is 9.35. The van der Waals surface area contributed by atoms with Gasteiger partial charge in [-0.05, 0) is 36.6 Å². The van der Waals surface area contributed by atoms with E-state index in [4.69, 9.17) is 4.98 Å². The molecular formula is C19H21N5. The molecule has 1 N–H and O–H groups in total. The van der Waals surface area contributed by atoms with Crippen molar-refractivity contribution in [3.63, 3.8) is 0 Å². The summed E-state index contributed by atoms with van der Waals surface area (Å²) in [6, 6.07) is 10.4. The molecular weight excluding hydrogens is 298 g/mol. The maximum absolute atomic E-state index is 4.76. The summed E-state index contributed by atoms with van der Waals surface area (Å²) in [6.07, 6.45) is 4.76. The monoisotopic (exact) mass is 319 g/mol. The van der Waals surface area contributed by atoms with Gasteiger partial charge in [-0.25, -0.2) is 9.97 Å². The molecule has 0 aliphatic rings. The minimum atomic E-state index is 0.301. The maximum Gasteiger partial charge on any atom is 0.155 e. The highest BCUT2D eigenvalue weighted by Gasteiger charge is 2.15. The Balaban J connectivity index is 1.64. The summed E-state index contributed by atoms with van der Waals surface area (Å²) in [5, 5.41) is 8.59. The van der Waals surface area contributed by atoms with Gasteiger partial charge in [0.05, 0.1) is 23.2 Å². The number of fused-ring (bicyclic) bond motifs is 2. The van der Waals surface area contributed by atoms with Gasteiger partial charge < -0.3 is 4.40 Å². The van der Waals surface area contributed by atoms with Crippen molar-refractivity contribution in [1.82, 2.24) is 24.6 Å². The van der Waals surface area contributed by atoms with Crippen molar-refractivity contribution in [2.45, 2.75) is 39.0 Å². The quantitative estimate of drug-likeness (QED) is 0.616. The van der Waals surface area contributed by atoms with Gasteiger partial charge in [-0.1, -0.05) is 26.8 Å². The first-order valence-corrected chi connectivity index (χ1v) is 8.39. The van der Waals surface area contributed by atoms with E-state index in [1.807, 2.05) is 18.6 Å². The van der Waals surface area contributed by atoms with Gasteiger partial charge >= 0.3 is 0 Å². The Morgan fingerprint density at radius 2 is 1.96 bits per heavy atom. The van der Waals surface area contributed by atoms with E-state index < -0.39 is 0 Å². The van der Waals surface area contributed by atoms with Crippen LogP contribution in [0.15, 0.2) is 42.9 Å². The summed E-state index contributed by atoms with van der Waals surface area (Å²) in [7, 11) is 0. The van der Waals surface area contributed by atoms with Crippen molar-refractivity contribution in [3.05, 3.63) is 59.9 Å². The van der Waals surface area contributed by atoms with Crippen LogP contribution < -0.4 is 0 Å². The first kappa shape index (κ1) is 14.9. The predicted molar refractivity (Wildman–Crippen MR) is 95.3 cm³/mol. The fourth-order valence-corrected chi connectivity index (χ4v) is 3.27. The first-order chi connectivity index (χ1) is 11.6. The number of nitrogens with zero attached hydrogens (tertiary/aromatic N) is 4. The molecule has 4 rings (SSSR count). The van der Waals surface area contributed by atoms with Gasteiger partial charge in [-0.3, -0.25) is 5.10 Å². The number of pyridine rings is 2. The number of aromatic amines is 1. The Kier molecular flexibility index (Phi) is 3.56. The Morgan fingerprint density at radius 1 is 1.08 bits per heavy atom. The van der Waals surface area contributed by atoms with Crippen molar-refractivity contribution in [2.75, 3.05) is 0 Å². The number of aromatic nitrogens is 5. The minimum Gasteiger partial charge on any atom is -0.306 e. The van der Waals surface area contributed by atoms with E-state index in [0.29, 0.717) is 11.8 Å². The van der Waals surface area contributed by atoms with Crippen LogP contribution in [0.1, 0.15) is 49.7 Å². The summed E-state index contributed by atoms with van der Waals surface area (Å²) in [6.45, 7) is 6.50. The third-order valence-corrected chi connectivity index (χ3v) is 4.51. The van der Waals surface area contributed by atoms with Crippen molar-refractivity contribution < 1.29 is 0 Å². The lowest BCUT2D eigenvalue weighted by Crippen LogP contribution is -2.02. The van der Waals surface area contributed by atoms with Crippen LogP contribution >= 0.6 is 0 Å². The lowest BCUT2D eigenvalue weighted by atomic mass is 10.00. The SMILES string of the molecule is CC(C)c1n[nH]c2nc(CC(C)c3ncn4ccccc34)ccc12. The second-order valence-electron chi connectivity index (χ2n) is 6.69. The van der Waals surface area contributed by atoms with Crippen LogP contribution in [-0.2, 0) is 6.42 Å². The predicted octanol–water partition coefficient (Wildman–Crippen LogP) is 4.08. The molecule has 4 aromatic rings. The average Bonchev–Trinajstić information content (AvgIpc) is 3.18. The van der Waals surface area contributed by atoms with Crippen LogP contribution in [0.25, 0.3) is 16.6 Å². The van der Waals surface area contributed by atoms with Gasteiger partial charge in [-0.2, -0.15) is 5.10 Å². The molecule has 0 bridgehead atoms. The molecule has 0 aliphatic heterocycles. The van der Waals surface area contributed by atoms with Crippen molar-refractivity contribution >= 4 is 16.6 Å². The molecule has 0 spiro atoms. The number of rotatable bonds is 4. The van der Waals surface area contributed by atoms with E-state index in [1.165, 1.54) is 0 Å². The molecule has 1 unspecified atom stereocenters. The molecule has 0 saturated carbocycles. The van der Waals surface area contributed by atoms with Crippen molar-refractivity contribution in [3.8, 4) is 0 Å². The fraction of sp³-hybridized carbons (Fsp3) is 0.316. The van der Waals surface area contributed by atoms with E-state index in [2.05, 4.69) is 64.6 Å². The first-order valence-electron chi connectivity index (χ1n) is 8.39. The van der Waals surface area contributed by atoms with E-state index >= 15 is 0 Å². The Morgan fingerprint density at radius 3 is 2.79 bits per heavy atom. The zero-order chi connectivity index (χ0) is 16.7. The van der Waals surface area contributed by atoms with Crippen LogP contribution in [0, 0.1) is 0 Å². The molecule has 5 heteroatoms. The highest BCUT2D eigenvalue weighted by molar-refractivity contribution is 5.78. The number of hydrogen-bond donors (Lipinski definition) is 1. The normalized spacial score (nSPS) is 13.2. The molecule has 0 fully saturated rings. The average molecular weight is 319 g/mol. The standard InChI is InChI=1S/C19H21N5/c1-12(2)17-15-8-7-14(21-19(15)23-22-17)10-13(3)18-16-6-4-5-9-24(16)11-20-18/h4-9,11-13H,10H2,1-3H3,(H,21,22,23). The van der Waals surface area contributed by atoms with Crippen LogP contribution in [-0.4, -0.2) is 24.6 Å². The smallest absolute Gasteiger partial charge is 0.155 e. The van der Waals surface area contributed by atoms with Crippen LogP contribution in [0.2, 0.25) is 0 Å². The molecule has 4 heterocycles. The summed E-state index contributed by atoms with van der Waals surface area (Å²) >= 11 is 0. The molecule has 5 nitrogen and oxygen atoms in total. The van der Waals surface area contributed by atoms with Gasteiger partial charge in [0.15, 0.2) is 5.65 Å². The highest BCUT2D eigenvalue weighted by atomic mass is 15.1. The Hall–Kier alpha value is -2.69. The van der Waals surface area contributed by atoms with Crippen molar-refractivity contribution in [2.24, 2.45) is 0 Å². The Labute approximate surface area is 140 Å². The molecule has 1 atom stereocenters. The molecule has 0 aromatic carbocycles. The van der Waals surface area contributed by atoms with Crippen LogP contribution in [0.5, 0.6) is 0 Å². The number of imidazole rings is 1. The van der Waals surface area contributed by atoms with Gasteiger partial charge in [0.25, 0.3) is 0 Å². The summed E-state index contributed by atoms with van der Waals surface area (Å²) < 4.78 is 2.06. The topological polar surface area (TPSA) is 58.9 Å². The molecule has 4 aromatic heterocycles. The largest absolute Gasteiger partial charge is 0.306 e. The number of H-pyrrole nitrogens is 1. The molecule has 122 valence electrons. The fourth-order valence-electron chi connectivity index (χ4n) is 3.27. The molecule has 0 radical (unpaired) electrons. The summed E-state index contributed by atoms with van der Waals surface area (Å²) in [5.41, 5.74) is 5.29. The Bertz CT molecular complexity index is 995. The number of hydrogen-bond acceptors (Lipinski definition) is 3. The van der Waals surface area contributed by atoms with Gasteiger partial charge in [0, 0.05) is 23.2 Å². The molecule has 0 aliphatic carbocycles. The maximum atomic E-state index is 4.76. The van der Waals surface area contributed by atoms with Crippen molar-refractivity contribution in [1.29, 1.82) is 0 Å². The van der Waals surface area contributed by atoms with Crippen LogP contribution in [0.4, 0.5) is 0 Å². The molecule has 0 saturated heterocycles. The summed E-state index contributed by atoms with van der Waals surface area (Å²) in [5.74, 6) is 0.692. The van der Waals surface area contributed by atoms with E-state index in [-0.39, 0.29) is 0 Å². The van der Waals surface area contributed by atoms with E-state index in [0.717, 1.165) is 40.1 Å². The number of nitrogens with one attached hydrogen (secondary N) is 1. The lowest BCUT2D eigenvalue weighted by Gasteiger charge is -2.09. The second kappa shape index (κ2) is 5.74. The van der Waals surface area contributed by atoms with Gasteiger partial charge in [0.1, 0.15) is 0 Å². The van der Waals surface area contributed by atoms with Gasteiger partial charge in [0.2, 0.25) is 0 Å². The zero-order valence-electron chi connectivity index (χ0n) is 14.2.